The van der Waals surface area contributed by atoms with Crippen molar-refractivity contribution in [2.45, 2.75) is 78.1 Å². The third-order valence-corrected chi connectivity index (χ3v) is 18.8. The summed E-state index contributed by atoms with van der Waals surface area (Å²) < 4.78 is 105. The number of carbonyl (C=O) groups excluding carboxylic acids is 4. The molecule has 26 heteroatoms. The van der Waals surface area contributed by atoms with E-state index in [1.165, 1.54) is 28.7 Å². The Hall–Kier alpha value is -6.78. The smallest absolute Gasteiger partial charge is 0.269 e. The van der Waals surface area contributed by atoms with Gasteiger partial charge < -0.3 is 26.2 Å². The molecule has 0 radical (unpaired) electrons. The average Bonchev–Trinajstić information content (AvgIpc) is 4.25. The van der Waals surface area contributed by atoms with E-state index in [0.717, 1.165) is 42.7 Å². The first-order valence-corrected chi connectivity index (χ1v) is 33.1. The minimum absolute atomic E-state index is 0.00597. The van der Waals surface area contributed by atoms with Crippen molar-refractivity contribution < 1.29 is 62.7 Å². The Balaban J connectivity index is 1.28. The molecule has 21 nitrogen and oxygen atoms in total. The zero-order valence-electron chi connectivity index (χ0n) is 46.2. The van der Waals surface area contributed by atoms with Crippen molar-refractivity contribution in [2.24, 2.45) is 0 Å². The summed E-state index contributed by atoms with van der Waals surface area (Å²) in [5.41, 5.74) is 5.19. The van der Waals surface area contributed by atoms with Crippen LogP contribution in [-0.4, -0.2) is 140 Å². The number of fused-ring (bicyclic) bond motifs is 6. The number of allylic oxidation sites excluding steroid dienone is 4. The fraction of sp³-hybridized carbons (Fsp3) is 0.375. The summed E-state index contributed by atoms with van der Waals surface area (Å²) in [5.74, 6) is -4.08. The largest absolute Gasteiger partial charge is 0.351 e. The maximum absolute atomic E-state index is 13.5. The molecule has 4 aromatic heterocycles. The topological polar surface area (TPSA) is 312 Å². The van der Waals surface area contributed by atoms with E-state index in [0.29, 0.717) is 59.7 Å². The number of likely N-dealkylation sites (N-methyl/N-ethyl adjacent to an activating group) is 1. The second kappa shape index (κ2) is 24.2. The van der Waals surface area contributed by atoms with Crippen LogP contribution in [0, 0.1) is 0 Å². The van der Waals surface area contributed by atoms with Crippen molar-refractivity contribution in [2.75, 3.05) is 61.9 Å². The highest BCUT2D eigenvalue weighted by Crippen LogP contribution is 2.54. The predicted octanol–water partition coefficient (Wildman–Crippen LogP) is 7.67. The van der Waals surface area contributed by atoms with E-state index in [2.05, 4.69) is 50.0 Å². The van der Waals surface area contributed by atoms with E-state index in [1.807, 2.05) is 78.7 Å². The number of carbonyl (C=O) groups is 4. The zero-order valence-corrected chi connectivity index (χ0v) is 50.3. The molecule has 0 aliphatic carbocycles. The van der Waals surface area contributed by atoms with Gasteiger partial charge in [-0.1, -0.05) is 26.8 Å². The number of aromatic nitrogens is 2. The van der Waals surface area contributed by atoms with Crippen LogP contribution in [0.2, 0.25) is 0 Å². The molecule has 0 fully saturated rings. The van der Waals surface area contributed by atoms with Crippen LogP contribution < -0.4 is 26.2 Å². The summed E-state index contributed by atoms with van der Waals surface area (Å²) in [4.78, 5) is 64.7. The Bertz CT molecular complexity index is 3980. The quantitative estimate of drug-likeness (QED) is 0.0239. The molecule has 436 valence electrons. The van der Waals surface area contributed by atoms with Gasteiger partial charge in [-0.05, 0) is 122 Å². The Morgan fingerprint density at radius 3 is 1.63 bits per heavy atom. The highest BCUT2D eigenvalue weighted by atomic mass is 32.2. The number of hydrogen-bond donors (Lipinski definition) is 7. The lowest BCUT2D eigenvalue weighted by molar-refractivity contribution is -0.435. The van der Waals surface area contributed by atoms with E-state index >= 15 is 0 Å². The molecule has 2 aliphatic rings. The SMILES string of the molecule is CCCNC(=O)c1cc(-c2cc3c(c4ccsc24)N(C)/C(=C/C=C/C2=[N+](CCCS(=O)(=O)O)c4c(cc(-c5cc(C(=O)NCC)nc(C(=O)NCC)c5)c5sccc45)C2(C)CCCS(=O)(=O)O)C3(C)C)cc(C(=O)NCCS(=O)(=O)O)n1. The van der Waals surface area contributed by atoms with Gasteiger partial charge in [0.1, 0.15) is 29.3 Å². The van der Waals surface area contributed by atoms with Crippen molar-refractivity contribution in [1.82, 2.24) is 31.2 Å². The second-order valence-corrected chi connectivity index (χ2v) is 27.3. The first-order chi connectivity index (χ1) is 38.6. The number of nitrogens with zero attached hydrogens (tertiary/aromatic N) is 4. The summed E-state index contributed by atoms with van der Waals surface area (Å²) in [5, 5.41) is 16.3. The normalized spacial score (nSPS) is 16.6. The third kappa shape index (κ3) is 13.0. The summed E-state index contributed by atoms with van der Waals surface area (Å²) in [7, 11) is -11.3. The first-order valence-electron chi connectivity index (χ1n) is 26.5. The molecule has 2 aliphatic heterocycles. The lowest BCUT2D eigenvalue weighted by Crippen LogP contribution is -2.32. The van der Waals surface area contributed by atoms with E-state index in [1.54, 1.807) is 32.0 Å². The van der Waals surface area contributed by atoms with E-state index in [9.17, 15) is 58.1 Å². The Labute approximate surface area is 484 Å². The molecular formula is C56H65N8O13S5+. The van der Waals surface area contributed by atoms with E-state index in [4.69, 9.17) is 0 Å². The molecule has 1 atom stereocenters. The van der Waals surface area contributed by atoms with Gasteiger partial charge in [0.15, 0.2) is 5.71 Å². The lowest BCUT2D eigenvalue weighted by atomic mass is 9.74. The standard InChI is InChI=1S/C56H64N8O13S5/c1-8-19-59-53(67)43-29-33(30-44(62-43)54(68)60-20-26-82(75,76)77)37-31-39-47(35-16-22-78-49(35)37)63(7)45(55(39,4)5)14-11-15-46-56(6,18-12-24-80(69,70)71)40-32-38(34-27-41(51(65)57-9-2)61-42(28-34)52(66)58-10-3)50-36(17-23-79-50)48(40)64(46)21-13-25-81(72,73)74/h11,14-17,22-23,27-32H,8-10,12-13,18-21,24-26H2,1-7H3,(H6-,57,58,59,60,65,66,67,68,69,70,71,72,73,74,75,76,77)/p+1. The summed E-state index contributed by atoms with van der Waals surface area (Å²) in [6.07, 6.45) is 6.57. The Morgan fingerprint density at radius 2 is 1.12 bits per heavy atom. The van der Waals surface area contributed by atoms with Gasteiger partial charge in [-0.3, -0.25) is 32.8 Å². The van der Waals surface area contributed by atoms with Gasteiger partial charge in [-0.15, -0.1) is 22.7 Å². The summed E-state index contributed by atoms with van der Waals surface area (Å²) in [6.45, 7) is 12.1. The molecule has 8 rings (SSSR count). The number of nitrogens with one attached hydrogen (secondary N) is 4. The number of hydrogen-bond acceptors (Lipinski definition) is 15. The molecule has 82 heavy (non-hydrogen) atoms. The fourth-order valence-corrected chi connectivity index (χ4v) is 14.1. The summed E-state index contributed by atoms with van der Waals surface area (Å²) in [6, 6.07) is 14.3. The Kier molecular flexibility index (Phi) is 18.1. The average molecular weight is 1220 g/mol. The van der Waals surface area contributed by atoms with Crippen LogP contribution in [0.1, 0.15) is 120 Å². The van der Waals surface area contributed by atoms with Gasteiger partial charge in [-0.2, -0.15) is 29.8 Å². The maximum Gasteiger partial charge on any atom is 0.269 e. The second-order valence-electron chi connectivity index (χ2n) is 20.7. The van der Waals surface area contributed by atoms with Crippen LogP contribution in [0.4, 0.5) is 11.4 Å². The van der Waals surface area contributed by atoms with Crippen molar-refractivity contribution >= 4 is 114 Å². The lowest BCUT2D eigenvalue weighted by Gasteiger charge is -2.24. The first kappa shape index (κ1) is 61.3. The molecule has 7 N–H and O–H groups in total. The van der Waals surface area contributed by atoms with Crippen molar-refractivity contribution in [1.29, 1.82) is 0 Å². The van der Waals surface area contributed by atoms with E-state index < -0.39 is 88.6 Å². The predicted molar refractivity (Wildman–Crippen MR) is 320 cm³/mol. The molecular weight excluding hydrogens is 1150 g/mol. The number of thiophene rings is 2. The molecule has 0 saturated carbocycles. The molecule has 1 unspecified atom stereocenters. The van der Waals surface area contributed by atoms with Crippen LogP contribution in [0.25, 0.3) is 42.4 Å². The van der Waals surface area contributed by atoms with Crippen molar-refractivity contribution in [3.63, 3.8) is 0 Å². The van der Waals surface area contributed by atoms with E-state index in [-0.39, 0.29) is 48.6 Å². The van der Waals surface area contributed by atoms with Crippen LogP contribution in [0.15, 0.2) is 83.2 Å². The van der Waals surface area contributed by atoms with Crippen molar-refractivity contribution in [3.8, 4) is 22.3 Å². The molecule has 6 aromatic rings. The van der Waals surface area contributed by atoms with Crippen LogP contribution in [0.5, 0.6) is 0 Å². The third-order valence-electron chi connectivity index (χ3n) is 14.6. The number of amides is 4. The monoisotopic (exact) mass is 1220 g/mol. The molecule has 0 bridgehead atoms. The minimum Gasteiger partial charge on any atom is -0.351 e. The fourth-order valence-electron chi connectivity index (χ4n) is 10.9. The molecule has 4 amide bonds. The highest BCUT2D eigenvalue weighted by molar-refractivity contribution is 7.86. The number of benzene rings is 2. The van der Waals surface area contributed by atoms with Gasteiger partial charge in [-0.25, -0.2) is 9.97 Å². The molecule has 6 heterocycles. The van der Waals surface area contributed by atoms with Crippen molar-refractivity contribution in [3.05, 3.63) is 117 Å². The number of pyridine rings is 2. The molecule has 0 saturated heterocycles. The van der Waals surface area contributed by atoms with Gasteiger partial charge in [0.2, 0.25) is 5.69 Å². The zero-order chi connectivity index (χ0) is 59.7. The minimum atomic E-state index is -4.42. The molecule has 0 spiro atoms. The van der Waals surface area contributed by atoms with Crippen LogP contribution in [0.3, 0.4) is 0 Å². The van der Waals surface area contributed by atoms with Gasteiger partial charge >= 0.3 is 0 Å². The van der Waals surface area contributed by atoms with Crippen LogP contribution in [-0.2, 0) is 41.2 Å². The van der Waals surface area contributed by atoms with Crippen LogP contribution >= 0.6 is 22.7 Å². The maximum atomic E-state index is 13.5. The number of anilines is 1. The number of rotatable bonds is 23. The van der Waals surface area contributed by atoms with Gasteiger partial charge in [0.05, 0.1) is 33.7 Å². The Morgan fingerprint density at radius 1 is 0.646 bits per heavy atom. The summed E-state index contributed by atoms with van der Waals surface area (Å²) >= 11 is 2.87. The highest BCUT2D eigenvalue weighted by Gasteiger charge is 2.49. The van der Waals surface area contributed by atoms with Gasteiger partial charge in [0.25, 0.3) is 54.0 Å². The van der Waals surface area contributed by atoms with Gasteiger partial charge in [0, 0.05) is 88.3 Å². The molecule has 2 aromatic carbocycles.